The molecular formula is C20H27NO4. The molecule has 0 aromatic heterocycles. The zero-order chi connectivity index (χ0) is 17.9. The number of benzene rings is 1. The SMILES string of the molecule is CCOC(=O)[C@@H]1[C@H](C(=O)OCC)C1(c1ccccc1)N1CCCCC1. The first-order valence-electron chi connectivity index (χ1n) is 9.31. The van der Waals surface area contributed by atoms with Gasteiger partial charge in [0.1, 0.15) is 0 Å². The summed E-state index contributed by atoms with van der Waals surface area (Å²) < 4.78 is 10.6. The molecule has 136 valence electrons. The Balaban J connectivity index is 2.03. The lowest BCUT2D eigenvalue weighted by Gasteiger charge is -2.36. The average molecular weight is 345 g/mol. The van der Waals surface area contributed by atoms with E-state index in [-0.39, 0.29) is 11.9 Å². The molecular weight excluding hydrogens is 318 g/mol. The van der Waals surface area contributed by atoms with Gasteiger partial charge in [0.2, 0.25) is 0 Å². The van der Waals surface area contributed by atoms with Gasteiger partial charge in [-0.1, -0.05) is 36.8 Å². The van der Waals surface area contributed by atoms with Gasteiger partial charge in [0.05, 0.1) is 30.6 Å². The van der Waals surface area contributed by atoms with E-state index in [1.54, 1.807) is 13.8 Å². The zero-order valence-electron chi connectivity index (χ0n) is 15.1. The highest BCUT2D eigenvalue weighted by molar-refractivity contribution is 5.92. The summed E-state index contributed by atoms with van der Waals surface area (Å²) in [5.74, 6) is -1.58. The summed E-state index contributed by atoms with van der Waals surface area (Å²) in [7, 11) is 0. The lowest BCUT2D eigenvalue weighted by atomic mass is 9.95. The van der Waals surface area contributed by atoms with Crippen LogP contribution in [0.15, 0.2) is 30.3 Å². The highest BCUT2D eigenvalue weighted by Gasteiger charge is 2.76. The number of esters is 2. The monoisotopic (exact) mass is 345 g/mol. The van der Waals surface area contributed by atoms with Gasteiger partial charge in [0.25, 0.3) is 0 Å². The van der Waals surface area contributed by atoms with E-state index < -0.39 is 17.4 Å². The van der Waals surface area contributed by atoms with E-state index in [1.807, 2.05) is 30.3 Å². The van der Waals surface area contributed by atoms with E-state index in [0.29, 0.717) is 13.2 Å². The van der Waals surface area contributed by atoms with Crippen molar-refractivity contribution in [2.45, 2.75) is 38.6 Å². The van der Waals surface area contributed by atoms with Crippen LogP contribution >= 0.6 is 0 Å². The van der Waals surface area contributed by atoms with Gasteiger partial charge in [0.15, 0.2) is 0 Å². The normalized spacial score (nSPS) is 29.0. The largest absolute Gasteiger partial charge is 0.466 e. The molecule has 5 heteroatoms. The molecule has 0 bridgehead atoms. The fraction of sp³-hybridized carbons (Fsp3) is 0.600. The Morgan fingerprint density at radius 1 is 0.960 bits per heavy atom. The molecule has 1 unspecified atom stereocenters. The molecule has 1 aliphatic heterocycles. The van der Waals surface area contributed by atoms with Gasteiger partial charge in [-0.25, -0.2) is 0 Å². The maximum absolute atomic E-state index is 12.7. The van der Waals surface area contributed by atoms with Gasteiger partial charge in [-0.05, 0) is 45.3 Å². The number of rotatable bonds is 6. The predicted octanol–water partition coefficient (Wildman–Crippen LogP) is 2.74. The molecule has 1 heterocycles. The first-order valence-corrected chi connectivity index (χ1v) is 9.31. The minimum absolute atomic E-state index is 0.296. The molecule has 25 heavy (non-hydrogen) atoms. The molecule has 1 aromatic carbocycles. The Morgan fingerprint density at radius 3 is 1.96 bits per heavy atom. The van der Waals surface area contributed by atoms with E-state index in [2.05, 4.69) is 4.90 Å². The Kier molecular flexibility index (Phi) is 5.42. The second kappa shape index (κ2) is 7.56. The molecule has 0 N–H and O–H groups in total. The Labute approximate surface area is 149 Å². The quantitative estimate of drug-likeness (QED) is 0.742. The first kappa shape index (κ1) is 17.9. The summed E-state index contributed by atoms with van der Waals surface area (Å²) in [6, 6.07) is 9.90. The van der Waals surface area contributed by atoms with Crippen LogP contribution in [0.3, 0.4) is 0 Å². The topological polar surface area (TPSA) is 55.8 Å². The molecule has 0 amide bonds. The molecule has 3 rings (SSSR count). The van der Waals surface area contributed by atoms with Crippen LogP contribution < -0.4 is 0 Å². The predicted molar refractivity (Wildman–Crippen MR) is 93.8 cm³/mol. The van der Waals surface area contributed by atoms with E-state index >= 15 is 0 Å². The van der Waals surface area contributed by atoms with E-state index in [4.69, 9.17) is 9.47 Å². The molecule has 1 aliphatic carbocycles. The van der Waals surface area contributed by atoms with Crippen molar-refractivity contribution in [1.29, 1.82) is 0 Å². The van der Waals surface area contributed by atoms with Gasteiger partial charge < -0.3 is 9.47 Å². The average Bonchev–Trinajstić information content (AvgIpc) is 3.35. The third-order valence-corrected chi connectivity index (χ3v) is 5.37. The summed E-state index contributed by atoms with van der Waals surface area (Å²) in [6.07, 6.45) is 3.36. The van der Waals surface area contributed by atoms with Crippen LogP contribution in [0.25, 0.3) is 0 Å². The van der Waals surface area contributed by atoms with E-state index in [0.717, 1.165) is 31.5 Å². The molecule has 1 saturated heterocycles. The second-order valence-corrected chi connectivity index (χ2v) is 6.70. The van der Waals surface area contributed by atoms with Crippen molar-refractivity contribution in [2.75, 3.05) is 26.3 Å². The summed E-state index contributed by atoms with van der Waals surface area (Å²) >= 11 is 0. The number of carbonyl (C=O) groups excluding carboxylic acids is 2. The number of likely N-dealkylation sites (tertiary alicyclic amines) is 1. The second-order valence-electron chi connectivity index (χ2n) is 6.70. The van der Waals surface area contributed by atoms with Crippen LogP contribution in [0.2, 0.25) is 0 Å². The molecule has 0 radical (unpaired) electrons. The molecule has 3 atom stereocenters. The van der Waals surface area contributed by atoms with Gasteiger partial charge >= 0.3 is 11.9 Å². The summed E-state index contributed by atoms with van der Waals surface area (Å²) in [4.78, 5) is 27.7. The lowest BCUT2D eigenvalue weighted by Crippen LogP contribution is -2.43. The highest BCUT2D eigenvalue weighted by atomic mass is 16.5. The van der Waals surface area contributed by atoms with Crippen LogP contribution in [0.1, 0.15) is 38.7 Å². The molecule has 1 aromatic rings. The van der Waals surface area contributed by atoms with Crippen molar-refractivity contribution in [3.8, 4) is 0 Å². The Hall–Kier alpha value is -1.88. The number of nitrogens with zero attached hydrogens (tertiary/aromatic N) is 1. The third-order valence-electron chi connectivity index (χ3n) is 5.37. The number of ether oxygens (including phenoxy) is 2. The maximum Gasteiger partial charge on any atom is 0.312 e. The maximum atomic E-state index is 12.7. The number of piperidine rings is 1. The number of carbonyl (C=O) groups is 2. The third kappa shape index (κ3) is 3.06. The summed E-state index contributed by atoms with van der Waals surface area (Å²) in [5.41, 5.74) is 0.383. The first-order chi connectivity index (χ1) is 12.2. The molecule has 2 fully saturated rings. The molecule has 1 saturated carbocycles. The smallest absolute Gasteiger partial charge is 0.312 e. The zero-order valence-corrected chi connectivity index (χ0v) is 15.1. The number of hydrogen-bond donors (Lipinski definition) is 0. The van der Waals surface area contributed by atoms with Gasteiger partial charge in [-0.2, -0.15) is 0 Å². The minimum atomic E-state index is -0.625. The van der Waals surface area contributed by atoms with Crippen molar-refractivity contribution < 1.29 is 19.1 Å². The van der Waals surface area contributed by atoms with Crippen molar-refractivity contribution in [2.24, 2.45) is 11.8 Å². The molecule has 5 nitrogen and oxygen atoms in total. The van der Waals surface area contributed by atoms with Crippen LogP contribution in [0.4, 0.5) is 0 Å². The van der Waals surface area contributed by atoms with Crippen LogP contribution in [0, 0.1) is 11.8 Å². The number of hydrogen-bond acceptors (Lipinski definition) is 5. The van der Waals surface area contributed by atoms with Gasteiger partial charge in [0, 0.05) is 0 Å². The van der Waals surface area contributed by atoms with Crippen molar-refractivity contribution in [1.82, 2.24) is 4.90 Å². The Bertz CT molecular complexity index is 585. The summed E-state index contributed by atoms with van der Waals surface area (Å²) in [6.45, 7) is 6.00. The van der Waals surface area contributed by atoms with Gasteiger partial charge in [-0.15, -0.1) is 0 Å². The van der Waals surface area contributed by atoms with Gasteiger partial charge in [-0.3, -0.25) is 14.5 Å². The van der Waals surface area contributed by atoms with Crippen molar-refractivity contribution in [3.63, 3.8) is 0 Å². The fourth-order valence-electron chi connectivity index (χ4n) is 4.37. The summed E-state index contributed by atoms with van der Waals surface area (Å²) in [5, 5.41) is 0. The highest BCUT2D eigenvalue weighted by Crippen LogP contribution is 2.63. The van der Waals surface area contributed by atoms with E-state index in [1.165, 1.54) is 6.42 Å². The fourth-order valence-corrected chi connectivity index (χ4v) is 4.37. The van der Waals surface area contributed by atoms with Crippen LogP contribution in [0.5, 0.6) is 0 Å². The van der Waals surface area contributed by atoms with Crippen LogP contribution in [-0.4, -0.2) is 43.1 Å². The minimum Gasteiger partial charge on any atom is -0.466 e. The van der Waals surface area contributed by atoms with Crippen molar-refractivity contribution >= 4 is 11.9 Å². The van der Waals surface area contributed by atoms with Crippen LogP contribution in [-0.2, 0) is 24.6 Å². The van der Waals surface area contributed by atoms with Crippen molar-refractivity contribution in [3.05, 3.63) is 35.9 Å². The lowest BCUT2D eigenvalue weighted by molar-refractivity contribution is -0.150. The molecule has 0 spiro atoms. The van der Waals surface area contributed by atoms with E-state index in [9.17, 15) is 9.59 Å². The molecule has 2 aliphatic rings. The standard InChI is InChI=1S/C20H27NO4/c1-3-24-18(22)16-17(19(23)25-4-2)20(16,15-11-7-5-8-12-15)21-13-9-6-10-14-21/h5,7-8,11-12,16-17H,3-4,6,9-10,13-14H2,1-2H3/t16-,17+,20?. The Morgan fingerprint density at radius 2 is 1.48 bits per heavy atom.